The molecular formula is C18H19N3O2. The van der Waals surface area contributed by atoms with Gasteiger partial charge in [0.1, 0.15) is 11.4 Å². The quantitative estimate of drug-likeness (QED) is 0.923. The molecule has 23 heavy (non-hydrogen) atoms. The summed E-state index contributed by atoms with van der Waals surface area (Å²) < 4.78 is 6.34. The van der Waals surface area contributed by atoms with E-state index in [1.807, 2.05) is 18.2 Å². The normalized spacial score (nSPS) is 22.7. The molecule has 4 rings (SSSR count). The number of aromatic nitrogens is 2. The van der Waals surface area contributed by atoms with Crippen LogP contribution in [0.4, 0.5) is 5.95 Å². The van der Waals surface area contributed by atoms with Crippen LogP contribution in [0.3, 0.4) is 0 Å². The molecule has 5 nitrogen and oxygen atoms in total. The van der Waals surface area contributed by atoms with Crippen LogP contribution in [0.15, 0.2) is 42.6 Å². The smallest absolute Gasteiger partial charge is 0.225 e. The minimum Gasteiger partial charge on any atom is -0.481 e. The van der Waals surface area contributed by atoms with Gasteiger partial charge in [-0.2, -0.15) is 0 Å². The lowest BCUT2D eigenvalue weighted by molar-refractivity contribution is 0.0981. The van der Waals surface area contributed by atoms with E-state index in [1.54, 1.807) is 12.3 Å². The maximum atomic E-state index is 9.27. The number of aliphatic hydroxyl groups excluding tert-OH is 1. The second-order valence-corrected chi connectivity index (χ2v) is 6.07. The number of hydrogen-bond acceptors (Lipinski definition) is 5. The number of fused-ring (bicyclic) bond motifs is 1. The molecule has 0 saturated carbocycles. The Hall–Kier alpha value is -2.40. The number of aliphatic hydroxyl groups is 1. The maximum Gasteiger partial charge on any atom is 0.225 e. The molecule has 1 saturated heterocycles. The molecule has 2 aliphatic rings. The Morgan fingerprint density at radius 2 is 2.17 bits per heavy atom. The Morgan fingerprint density at radius 3 is 3.09 bits per heavy atom. The third kappa shape index (κ3) is 2.68. The minimum atomic E-state index is -0.328. The minimum absolute atomic E-state index is 0.0711. The molecule has 1 unspecified atom stereocenters. The number of anilines is 1. The number of hydrogen-bond donors (Lipinski definition) is 1. The van der Waals surface area contributed by atoms with Crippen LogP contribution in [0, 0.1) is 0 Å². The van der Waals surface area contributed by atoms with E-state index in [9.17, 15) is 5.11 Å². The molecule has 0 aliphatic carbocycles. The van der Waals surface area contributed by atoms with Crippen molar-refractivity contribution in [1.82, 2.24) is 9.97 Å². The largest absolute Gasteiger partial charge is 0.481 e. The Balaban J connectivity index is 1.60. The molecule has 1 atom stereocenters. The van der Waals surface area contributed by atoms with E-state index in [4.69, 9.17) is 4.74 Å². The third-order valence-corrected chi connectivity index (χ3v) is 4.43. The molecule has 1 spiro atoms. The number of rotatable bonds is 2. The van der Waals surface area contributed by atoms with E-state index < -0.39 is 0 Å². The Labute approximate surface area is 135 Å². The third-order valence-electron chi connectivity index (χ3n) is 4.43. The molecule has 118 valence electrons. The van der Waals surface area contributed by atoms with E-state index in [-0.39, 0.29) is 12.2 Å². The summed E-state index contributed by atoms with van der Waals surface area (Å²) in [7, 11) is 0. The van der Waals surface area contributed by atoms with Gasteiger partial charge < -0.3 is 14.7 Å². The van der Waals surface area contributed by atoms with Gasteiger partial charge in [0, 0.05) is 18.3 Å². The lowest BCUT2D eigenvalue weighted by Crippen LogP contribution is -2.52. The zero-order valence-electron chi connectivity index (χ0n) is 12.9. The molecule has 1 aromatic heterocycles. The van der Waals surface area contributed by atoms with E-state index in [0.29, 0.717) is 18.2 Å². The summed E-state index contributed by atoms with van der Waals surface area (Å²) in [6.07, 6.45) is 8.00. The van der Waals surface area contributed by atoms with Crippen molar-refractivity contribution < 1.29 is 9.84 Å². The average Bonchev–Trinajstić information content (AvgIpc) is 2.62. The molecule has 0 amide bonds. The summed E-state index contributed by atoms with van der Waals surface area (Å²) in [4.78, 5) is 10.9. The molecule has 0 bridgehead atoms. The molecule has 1 N–H and O–H groups in total. The maximum absolute atomic E-state index is 9.27. The van der Waals surface area contributed by atoms with Crippen LogP contribution in [-0.2, 0) is 6.61 Å². The lowest BCUT2D eigenvalue weighted by atomic mass is 9.89. The second-order valence-electron chi connectivity index (χ2n) is 6.07. The van der Waals surface area contributed by atoms with Gasteiger partial charge in [-0.3, -0.25) is 0 Å². The Bertz CT molecular complexity index is 747. The van der Waals surface area contributed by atoms with Crippen LogP contribution >= 0.6 is 0 Å². The average molecular weight is 309 g/mol. The highest BCUT2D eigenvalue weighted by Gasteiger charge is 2.38. The van der Waals surface area contributed by atoms with Crippen molar-refractivity contribution in [2.75, 3.05) is 18.0 Å². The molecule has 1 aromatic carbocycles. The van der Waals surface area contributed by atoms with Crippen LogP contribution in [0.5, 0.6) is 5.75 Å². The molecule has 0 radical (unpaired) electrons. The van der Waals surface area contributed by atoms with E-state index in [1.165, 1.54) is 0 Å². The van der Waals surface area contributed by atoms with Crippen molar-refractivity contribution in [3.05, 3.63) is 53.9 Å². The Kier molecular flexibility index (Phi) is 3.50. The van der Waals surface area contributed by atoms with Gasteiger partial charge in [-0.1, -0.05) is 24.3 Å². The number of ether oxygens (including phenoxy) is 1. The number of piperidine rings is 1. The topological polar surface area (TPSA) is 58.5 Å². The first-order valence-corrected chi connectivity index (χ1v) is 7.93. The fourth-order valence-corrected chi connectivity index (χ4v) is 3.27. The summed E-state index contributed by atoms with van der Waals surface area (Å²) in [6, 6.07) is 9.83. The number of para-hydroxylation sites is 1. The van der Waals surface area contributed by atoms with Crippen LogP contribution < -0.4 is 9.64 Å². The van der Waals surface area contributed by atoms with Crippen LogP contribution in [0.2, 0.25) is 0 Å². The number of nitrogens with zero attached hydrogens (tertiary/aromatic N) is 3. The van der Waals surface area contributed by atoms with E-state index in [0.717, 1.165) is 30.7 Å². The zero-order valence-corrected chi connectivity index (χ0v) is 12.9. The van der Waals surface area contributed by atoms with Gasteiger partial charge in [0.2, 0.25) is 5.95 Å². The fourth-order valence-electron chi connectivity index (χ4n) is 3.27. The lowest BCUT2D eigenvalue weighted by Gasteiger charge is -2.42. The summed E-state index contributed by atoms with van der Waals surface area (Å²) in [6.45, 7) is 1.54. The SMILES string of the molecule is OCc1ccnc(N2CCCC3(C=Cc4ccccc4O3)C2)n1. The number of benzene rings is 1. The van der Waals surface area contributed by atoms with Crippen LogP contribution in [0.1, 0.15) is 24.1 Å². The summed E-state index contributed by atoms with van der Waals surface area (Å²) >= 11 is 0. The molecular weight excluding hydrogens is 290 g/mol. The predicted molar refractivity (Wildman–Crippen MR) is 88.2 cm³/mol. The predicted octanol–water partition coefficient (Wildman–Crippen LogP) is 2.41. The zero-order chi connectivity index (χ0) is 15.7. The highest BCUT2D eigenvalue weighted by molar-refractivity contribution is 5.61. The molecule has 1 fully saturated rings. The molecule has 3 heterocycles. The first kappa shape index (κ1) is 14.2. The van der Waals surface area contributed by atoms with Crippen molar-refractivity contribution in [3.63, 3.8) is 0 Å². The monoisotopic (exact) mass is 309 g/mol. The van der Waals surface area contributed by atoms with Crippen molar-refractivity contribution in [2.24, 2.45) is 0 Å². The first-order valence-electron chi connectivity index (χ1n) is 7.93. The molecule has 2 aromatic rings. The van der Waals surface area contributed by atoms with Crippen molar-refractivity contribution in [1.29, 1.82) is 0 Å². The van der Waals surface area contributed by atoms with E-state index in [2.05, 4.69) is 33.1 Å². The second kappa shape index (κ2) is 5.66. The highest BCUT2D eigenvalue weighted by atomic mass is 16.5. The van der Waals surface area contributed by atoms with Gasteiger partial charge in [-0.25, -0.2) is 9.97 Å². The molecule has 5 heteroatoms. The van der Waals surface area contributed by atoms with Gasteiger partial charge in [-0.15, -0.1) is 0 Å². The van der Waals surface area contributed by atoms with Gasteiger partial charge in [-0.05, 0) is 31.1 Å². The van der Waals surface area contributed by atoms with Crippen molar-refractivity contribution in [2.45, 2.75) is 25.0 Å². The highest BCUT2D eigenvalue weighted by Crippen LogP contribution is 2.36. The van der Waals surface area contributed by atoms with Gasteiger partial charge >= 0.3 is 0 Å². The van der Waals surface area contributed by atoms with Crippen LogP contribution in [0.25, 0.3) is 6.08 Å². The molecule has 2 aliphatic heterocycles. The van der Waals surface area contributed by atoms with Gasteiger partial charge in [0.25, 0.3) is 0 Å². The fraction of sp³-hybridized carbons (Fsp3) is 0.333. The summed E-state index contributed by atoms with van der Waals surface area (Å²) in [5.41, 5.74) is 1.43. The van der Waals surface area contributed by atoms with Gasteiger partial charge in [0.15, 0.2) is 0 Å². The Morgan fingerprint density at radius 1 is 1.26 bits per heavy atom. The van der Waals surface area contributed by atoms with Crippen molar-refractivity contribution >= 4 is 12.0 Å². The summed E-state index contributed by atoms with van der Waals surface area (Å²) in [5, 5.41) is 9.27. The first-order chi connectivity index (χ1) is 11.3. The van der Waals surface area contributed by atoms with Crippen molar-refractivity contribution in [3.8, 4) is 5.75 Å². The summed E-state index contributed by atoms with van der Waals surface area (Å²) in [5.74, 6) is 1.59. The van der Waals surface area contributed by atoms with E-state index >= 15 is 0 Å². The van der Waals surface area contributed by atoms with Gasteiger partial charge in [0.05, 0.1) is 18.8 Å². The standard InChI is InChI=1S/C18H19N3O2/c22-12-15-7-10-19-17(20-15)21-11-3-8-18(13-21)9-6-14-4-1-2-5-16(14)23-18/h1-2,4-7,9-10,22H,3,8,11-13H2. The van der Waals surface area contributed by atoms with Crippen LogP contribution in [-0.4, -0.2) is 33.8 Å².